The summed E-state index contributed by atoms with van der Waals surface area (Å²) in [5.41, 5.74) is 1.13. The molecule has 1 aliphatic rings. The second kappa shape index (κ2) is 6.30. The Morgan fingerprint density at radius 1 is 1.38 bits per heavy atom. The highest BCUT2D eigenvalue weighted by Gasteiger charge is 2.27. The Morgan fingerprint density at radius 3 is 2.57 bits per heavy atom. The van der Waals surface area contributed by atoms with Crippen molar-refractivity contribution in [3.8, 4) is 0 Å². The minimum Gasteiger partial charge on any atom is -0.376 e. The number of hydrogen-bond donors (Lipinski definition) is 1. The van der Waals surface area contributed by atoms with E-state index in [4.69, 9.17) is 0 Å². The van der Waals surface area contributed by atoms with Crippen molar-refractivity contribution >= 4 is 31.6 Å². The van der Waals surface area contributed by atoms with Gasteiger partial charge in [0, 0.05) is 11.4 Å². The fourth-order valence-corrected chi connectivity index (χ4v) is 2.45. The zero-order chi connectivity index (χ0) is 15.6. The molecule has 1 fully saturated rings. The first-order chi connectivity index (χ1) is 9.76. The molecule has 1 saturated carbocycles. The smallest absolute Gasteiger partial charge is 0.376 e. The highest BCUT2D eigenvalue weighted by Crippen LogP contribution is 2.30. The lowest BCUT2D eigenvalue weighted by Gasteiger charge is -2.25. The molecule has 21 heavy (non-hydrogen) atoms. The Hall–Kier alpha value is -1.16. The van der Waals surface area contributed by atoms with Gasteiger partial charge < -0.3 is 5.32 Å². The Balaban J connectivity index is 2.21. The second-order valence-corrected chi connectivity index (χ2v) is 5.86. The van der Waals surface area contributed by atoms with E-state index in [9.17, 15) is 17.6 Å². The Morgan fingerprint density at radius 2 is 2.05 bits per heavy atom. The van der Waals surface area contributed by atoms with E-state index >= 15 is 0 Å². The minimum atomic E-state index is -4.32. The van der Waals surface area contributed by atoms with Crippen LogP contribution in [0.15, 0.2) is 17.1 Å². The monoisotopic (exact) mass is 320 g/mol. The van der Waals surface area contributed by atoms with E-state index in [1.165, 1.54) is 12.1 Å². The van der Waals surface area contributed by atoms with Gasteiger partial charge in [-0.15, -0.1) is 9.24 Å². The highest BCUT2D eigenvalue weighted by molar-refractivity contribution is 7.28. The molecule has 0 bridgehead atoms. The predicted octanol–water partition coefficient (Wildman–Crippen LogP) is 4.19. The zero-order valence-electron chi connectivity index (χ0n) is 11.6. The molecular weight excluding hydrogens is 303 g/mol. The molecule has 0 saturated heterocycles. The van der Waals surface area contributed by atoms with Crippen molar-refractivity contribution in [1.82, 2.24) is 0 Å². The SMILES string of the molecule is C/C(=N\c1cc(NCC(F)(F)F)c(P)cc1F)C1CCC1. The highest BCUT2D eigenvalue weighted by atomic mass is 31.0. The van der Waals surface area contributed by atoms with E-state index in [1.807, 2.05) is 6.92 Å². The number of anilines is 1. The number of alkyl halides is 3. The summed E-state index contributed by atoms with van der Waals surface area (Å²) in [5.74, 6) is -0.164. The molecular formula is C14H17F4N2P. The van der Waals surface area contributed by atoms with Crippen LogP contribution in [0.2, 0.25) is 0 Å². The number of aliphatic imine (C=N–C) groups is 1. The van der Waals surface area contributed by atoms with Gasteiger partial charge in [0.05, 0.1) is 0 Å². The largest absolute Gasteiger partial charge is 0.405 e. The summed E-state index contributed by atoms with van der Waals surface area (Å²) >= 11 is 0. The third kappa shape index (κ3) is 4.40. The maximum absolute atomic E-state index is 13.9. The summed E-state index contributed by atoms with van der Waals surface area (Å²) < 4.78 is 50.6. The van der Waals surface area contributed by atoms with E-state index in [0.717, 1.165) is 25.0 Å². The van der Waals surface area contributed by atoms with E-state index < -0.39 is 18.5 Å². The van der Waals surface area contributed by atoms with Crippen LogP contribution in [0.25, 0.3) is 0 Å². The maximum atomic E-state index is 13.9. The predicted molar refractivity (Wildman–Crippen MR) is 80.4 cm³/mol. The van der Waals surface area contributed by atoms with Gasteiger partial charge in [-0.3, -0.25) is 4.99 Å². The summed E-state index contributed by atoms with van der Waals surface area (Å²) in [6.07, 6.45) is -1.10. The Kier molecular flexibility index (Phi) is 4.87. The molecule has 2 nitrogen and oxygen atoms in total. The summed E-state index contributed by atoms with van der Waals surface area (Å²) in [7, 11) is 2.22. The molecule has 0 heterocycles. The fourth-order valence-electron chi connectivity index (χ4n) is 2.12. The fraction of sp³-hybridized carbons (Fsp3) is 0.500. The molecule has 7 heteroatoms. The van der Waals surface area contributed by atoms with Crippen molar-refractivity contribution in [2.24, 2.45) is 10.9 Å². The van der Waals surface area contributed by atoms with Gasteiger partial charge in [-0.1, -0.05) is 6.42 Å². The average molecular weight is 320 g/mol. The average Bonchev–Trinajstić information content (AvgIpc) is 2.27. The molecule has 1 atom stereocenters. The van der Waals surface area contributed by atoms with Gasteiger partial charge in [0.1, 0.15) is 18.0 Å². The second-order valence-electron chi connectivity index (χ2n) is 5.24. The summed E-state index contributed by atoms with van der Waals surface area (Å²) in [6, 6.07) is 2.50. The van der Waals surface area contributed by atoms with E-state index in [2.05, 4.69) is 19.5 Å². The van der Waals surface area contributed by atoms with Crippen molar-refractivity contribution < 1.29 is 17.6 Å². The summed E-state index contributed by atoms with van der Waals surface area (Å²) in [4.78, 5) is 4.24. The van der Waals surface area contributed by atoms with E-state index in [-0.39, 0.29) is 11.4 Å². The number of hydrogen-bond acceptors (Lipinski definition) is 2. The van der Waals surface area contributed by atoms with Crippen LogP contribution < -0.4 is 10.6 Å². The van der Waals surface area contributed by atoms with Crippen molar-refractivity contribution in [2.45, 2.75) is 32.4 Å². The summed E-state index contributed by atoms with van der Waals surface area (Å²) in [5, 5.41) is 2.61. The number of halogens is 4. The lowest BCUT2D eigenvalue weighted by atomic mass is 9.82. The van der Waals surface area contributed by atoms with Crippen LogP contribution >= 0.6 is 9.24 Å². The van der Waals surface area contributed by atoms with Gasteiger partial charge in [0.2, 0.25) is 0 Å². The molecule has 0 radical (unpaired) electrons. The lowest BCUT2D eigenvalue weighted by molar-refractivity contribution is -0.115. The molecule has 116 valence electrons. The quantitative estimate of drug-likeness (QED) is 0.502. The number of benzene rings is 1. The molecule has 0 aromatic heterocycles. The third-order valence-corrected chi connectivity index (χ3v) is 4.07. The molecule has 1 aliphatic carbocycles. The first-order valence-electron chi connectivity index (χ1n) is 6.71. The molecule has 1 unspecified atom stereocenters. The van der Waals surface area contributed by atoms with Gasteiger partial charge in [-0.25, -0.2) is 4.39 Å². The van der Waals surface area contributed by atoms with Gasteiger partial charge in [0.15, 0.2) is 0 Å². The van der Waals surface area contributed by atoms with Crippen molar-refractivity contribution in [1.29, 1.82) is 0 Å². The van der Waals surface area contributed by atoms with Gasteiger partial charge in [-0.05, 0) is 43.1 Å². The van der Waals surface area contributed by atoms with Crippen molar-refractivity contribution in [3.05, 3.63) is 17.9 Å². The van der Waals surface area contributed by atoms with E-state index in [0.29, 0.717) is 11.2 Å². The Bertz CT molecular complexity index is 551. The minimum absolute atomic E-state index is 0.0790. The van der Waals surface area contributed by atoms with Crippen LogP contribution in [0.1, 0.15) is 26.2 Å². The molecule has 1 aromatic carbocycles. The first kappa shape index (κ1) is 16.2. The normalized spacial score (nSPS) is 16.8. The molecule has 1 N–H and O–H groups in total. The molecule has 0 amide bonds. The number of nitrogens with zero attached hydrogens (tertiary/aromatic N) is 1. The number of nitrogens with one attached hydrogen (secondary N) is 1. The van der Waals surface area contributed by atoms with Crippen LogP contribution in [0.5, 0.6) is 0 Å². The van der Waals surface area contributed by atoms with Gasteiger partial charge in [0.25, 0.3) is 0 Å². The first-order valence-corrected chi connectivity index (χ1v) is 7.29. The topological polar surface area (TPSA) is 24.4 Å². The Labute approximate surface area is 123 Å². The number of rotatable bonds is 4. The van der Waals surface area contributed by atoms with Crippen LogP contribution in [-0.4, -0.2) is 18.4 Å². The maximum Gasteiger partial charge on any atom is 0.405 e. The molecule has 0 spiro atoms. The van der Waals surface area contributed by atoms with Crippen molar-refractivity contribution in [3.63, 3.8) is 0 Å². The zero-order valence-corrected chi connectivity index (χ0v) is 12.8. The van der Waals surface area contributed by atoms with Crippen LogP contribution in [0.4, 0.5) is 28.9 Å². The molecule has 0 aliphatic heterocycles. The van der Waals surface area contributed by atoms with E-state index in [1.54, 1.807) is 0 Å². The molecule has 2 rings (SSSR count). The van der Waals surface area contributed by atoms with Crippen LogP contribution in [0, 0.1) is 11.7 Å². The lowest BCUT2D eigenvalue weighted by Crippen LogP contribution is -2.23. The van der Waals surface area contributed by atoms with Crippen LogP contribution in [-0.2, 0) is 0 Å². The van der Waals surface area contributed by atoms with Crippen LogP contribution in [0.3, 0.4) is 0 Å². The van der Waals surface area contributed by atoms with Gasteiger partial charge in [-0.2, -0.15) is 13.2 Å². The molecule has 1 aromatic rings. The van der Waals surface area contributed by atoms with Gasteiger partial charge >= 0.3 is 6.18 Å². The van der Waals surface area contributed by atoms with Crippen molar-refractivity contribution in [2.75, 3.05) is 11.9 Å². The standard InChI is InChI=1S/C14H17F4N2P/c1-8(9-3-2-4-9)20-11-6-12(13(21)5-10(11)15)19-7-14(16,17)18/h5-6,9,19H,2-4,7,21H2,1H3/b20-8+. The third-order valence-electron chi connectivity index (χ3n) is 3.59. The summed E-state index contributed by atoms with van der Waals surface area (Å²) in [6.45, 7) is 0.672.